The topological polar surface area (TPSA) is 40.5 Å². The highest BCUT2D eigenvalue weighted by atomic mass is 16.4. The van der Waals surface area contributed by atoms with Crippen molar-refractivity contribution in [3.63, 3.8) is 0 Å². The summed E-state index contributed by atoms with van der Waals surface area (Å²) in [7, 11) is 34.7. The lowest BCUT2D eigenvalue weighted by Gasteiger charge is -2.56. The maximum atomic E-state index is 11.1. The molecule has 0 heterocycles. The van der Waals surface area contributed by atoms with Crippen molar-refractivity contribution in [3.8, 4) is 0 Å². The smallest absolute Gasteiger partial charge is 0.291 e. The second-order valence-electron chi connectivity index (χ2n) is 5.57. The average molecular weight is 260 g/mol. The first-order chi connectivity index (χ1) is 8.87. The summed E-state index contributed by atoms with van der Waals surface area (Å²) in [5, 5.41) is 4.86. The summed E-state index contributed by atoms with van der Waals surface area (Å²) in [5.74, 6) is -2.98. The molecule has 0 saturated heterocycles. The van der Waals surface area contributed by atoms with Crippen LogP contribution in [0.25, 0.3) is 0 Å². The molecule has 0 aliphatic rings. The van der Waals surface area contributed by atoms with Crippen LogP contribution < -0.4 is 0 Å². The predicted octanol–water partition coefficient (Wildman–Crippen LogP) is -0.174. The van der Waals surface area contributed by atoms with Crippen LogP contribution in [0.4, 0.5) is 0 Å². The van der Waals surface area contributed by atoms with Gasteiger partial charge in [-0.15, -0.1) is 0 Å². The minimum Gasteiger partial charge on any atom is -0.482 e. The molecular formula is C11H17B6NO2. The Kier molecular flexibility index (Phi) is 6.66. The third kappa shape index (κ3) is 3.72. The van der Waals surface area contributed by atoms with Crippen molar-refractivity contribution in [2.75, 3.05) is 0 Å². The zero-order valence-corrected chi connectivity index (χ0v) is 12.5. The van der Waals surface area contributed by atoms with Gasteiger partial charge in [0.05, 0.1) is 39.2 Å². The van der Waals surface area contributed by atoms with E-state index in [0.29, 0.717) is 12.8 Å². The fourth-order valence-electron chi connectivity index (χ4n) is 2.14. The maximum absolute atomic E-state index is 11.1. The lowest BCUT2D eigenvalue weighted by atomic mass is 9.32. The van der Waals surface area contributed by atoms with Crippen molar-refractivity contribution in [2.45, 2.75) is 61.9 Å². The molecule has 0 saturated carbocycles. The van der Waals surface area contributed by atoms with E-state index in [1.54, 1.807) is 0 Å². The lowest BCUT2D eigenvalue weighted by Crippen LogP contribution is -2.63. The third-order valence-corrected chi connectivity index (χ3v) is 3.93. The molecule has 0 aromatic carbocycles. The largest absolute Gasteiger partial charge is 0.482 e. The van der Waals surface area contributed by atoms with Crippen molar-refractivity contribution < 1.29 is 9.90 Å². The molecule has 20 heavy (non-hydrogen) atoms. The summed E-state index contributed by atoms with van der Waals surface area (Å²) in [6.45, 7) is 5.78. The summed E-state index contributed by atoms with van der Waals surface area (Å²) in [6, 6.07) is 0. The van der Waals surface area contributed by atoms with Gasteiger partial charge in [0.1, 0.15) is 0 Å². The van der Waals surface area contributed by atoms with E-state index in [1.807, 2.05) is 20.8 Å². The van der Waals surface area contributed by atoms with Crippen LogP contribution in [0.1, 0.15) is 40.0 Å². The van der Waals surface area contributed by atoms with Crippen LogP contribution >= 0.6 is 0 Å². The second kappa shape index (κ2) is 6.72. The Bertz CT molecular complexity index is 352. The van der Waals surface area contributed by atoms with Crippen LogP contribution in [-0.4, -0.2) is 74.0 Å². The number of carbonyl (C=O) groups is 1. The van der Waals surface area contributed by atoms with Crippen LogP contribution in [0, 0.1) is 0 Å². The molecule has 3 nitrogen and oxygen atoms in total. The van der Waals surface area contributed by atoms with Gasteiger partial charge in [-0.25, -0.2) is 0 Å². The van der Waals surface area contributed by atoms with E-state index in [-0.39, 0.29) is 0 Å². The van der Waals surface area contributed by atoms with Crippen molar-refractivity contribution in [2.24, 2.45) is 0 Å². The number of nitrogens with zero attached hydrogens (tertiary/aromatic N) is 1. The molecule has 0 aliphatic carbocycles. The molecule has 96 valence electrons. The standard InChI is InChI=1S/C11H17B6NO2/c1-4-6-9(3,5-2)18(17)11(15,16)7(12)10(13,14)8(19)20/h7H,4-6H2,1-3H3,(H,19,20). The van der Waals surface area contributed by atoms with Gasteiger partial charge >= 0.3 is 0 Å². The molecule has 0 bridgehead atoms. The first kappa shape index (κ1) is 19.8. The van der Waals surface area contributed by atoms with Crippen LogP contribution in [-0.2, 0) is 4.79 Å². The van der Waals surface area contributed by atoms with Gasteiger partial charge in [0.25, 0.3) is 5.97 Å². The molecule has 2 atom stereocenters. The van der Waals surface area contributed by atoms with Gasteiger partial charge in [-0.1, -0.05) is 31.4 Å². The minimum atomic E-state index is -2.29. The third-order valence-electron chi connectivity index (χ3n) is 3.93. The zero-order chi connectivity index (χ0) is 16.4. The van der Waals surface area contributed by atoms with E-state index in [1.165, 1.54) is 4.81 Å². The molecule has 0 fully saturated rings. The minimum absolute atomic E-state index is 0.551. The number of hydrogen-bond acceptors (Lipinski definition) is 2. The molecule has 0 aromatic heterocycles. The van der Waals surface area contributed by atoms with E-state index in [9.17, 15) is 4.79 Å². The molecular weight excluding hydrogens is 243 g/mol. The monoisotopic (exact) mass is 261 g/mol. The van der Waals surface area contributed by atoms with Gasteiger partial charge in [0, 0.05) is 5.54 Å². The quantitative estimate of drug-likeness (QED) is 0.616. The molecule has 0 spiro atoms. The highest BCUT2D eigenvalue weighted by molar-refractivity contribution is 6.57. The SMILES string of the molecule is [B]C(C([B])([B])C(=O)O)C([B])([B])N([B])C(C)(CC)CCC. The van der Waals surface area contributed by atoms with Crippen molar-refractivity contribution >= 4 is 53.2 Å². The maximum Gasteiger partial charge on any atom is 0.291 e. The summed E-state index contributed by atoms with van der Waals surface area (Å²) in [6.07, 6.45) is 2.20. The molecule has 2 unspecified atom stereocenters. The molecule has 0 rings (SSSR count). The van der Waals surface area contributed by atoms with Gasteiger partial charge in [-0.05, 0) is 25.0 Å². The number of carboxylic acid groups (broad SMARTS) is 1. The van der Waals surface area contributed by atoms with Gasteiger partial charge in [0.2, 0.25) is 0 Å². The highest BCUT2D eigenvalue weighted by Gasteiger charge is 2.45. The Morgan fingerprint density at radius 2 is 1.70 bits per heavy atom. The van der Waals surface area contributed by atoms with E-state index < -0.39 is 27.9 Å². The number of aliphatic carboxylic acids is 1. The fourth-order valence-corrected chi connectivity index (χ4v) is 2.14. The molecule has 0 aromatic rings. The normalized spacial score (nSPS) is 17.6. The number of rotatable bonds is 8. The highest BCUT2D eigenvalue weighted by Crippen LogP contribution is 2.42. The Balaban J connectivity index is 5.45. The molecule has 1 N–H and O–H groups in total. The van der Waals surface area contributed by atoms with Gasteiger partial charge < -0.3 is 9.92 Å². The van der Waals surface area contributed by atoms with Crippen molar-refractivity contribution in [1.29, 1.82) is 0 Å². The predicted molar refractivity (Wildman–Crippen MR) is 86.8 cm³/mol. The van der Waals surface area contributed by atoms with Crippen molar-refractivity contribution in [1.82, 2.24) is 4.81 Å². The Hall–Kier alpha value is -0.180. The number of hydrogen-bond donors (Lipinski definition) is 1. The first-order valence-corrected chi connectivity index (χ1v) is 6.57. The Labute approximate surface area is 130 Å². The summed E-state index contributed by atoms with van der Waals surface area (Å²) in [4.78, 5) is 12.2. The van der Waals surface area contributed by atoms with Crippen molar-refractivity contribution in [3.05, 3.63) is 0 Å². The van der Waals surface area contributed by atoms with E-state index in [4.69, 9.17) is 52.3 Å². The van der Waals surface area contributed by atoms with E-state index >= 15 is 0 Å². The zero-order valence-electron chi connectivity index (χ0n) is 12.5. The summed E-state index contributed by atoms with van der Waals surface area (Å²) < 4.78 is 0. The van der Waals surface area contributed by atoms with Gasteiger partial charge in [-0.2, -0.15) is 0 Å². The fraction of sp³-hybridized carbons (Fsp3) is 0.909. The summed E-state index contributed by atoms with van der Waals surface area (Å²) in [5.41, 5.74) is -0.551. The Morgan fingerprint density at radius 3 is 2.00 bits per heavy atom. The first-order valence-electron chi connectivity index (χ1n) is 6.57. The molecule has 0 amide bonds. The van der Waals surface area contributed by atoms with Crippen LogP contribution in [0.5, 0.6) is 0 Å². The number of carboxylic acids is 1. The van der Waals surface area contributed by atoms with Gasteiger partial charge in [-0.3, -0.25) is 4.79 Å². The molecule has 12 radical (unpaired) electrons. The molecule has 9 heteroatoms. The van der Waals surface area contributed by atoms with E-state index in [0.717, 1.165) is 6.42 Å². The van der Waals surface area contributed by atoms with E-state index in [2.05, 4.69) is 0 Å². The van der Waals surface area contributed by atoms with Crippen LogP contribution in [0.2, 0.25) is 11.0 Å². The van der Waals surface area contributed by atoms with Gasteiger partial charge in [0.15, 0.2) is 7.98 Å². The molecule has 0 aliphatic heterocycles. The average Bonchev–Trinajstić information content (AvgIpc) is 2.36. The second-order valence-corrected chi connectivity index (χ2v) is 5.57. The Morgan fingerprint density at radius 1 is 1.25 bits per heavy atom. The lowest BCUT2D eigenvalue weighted by molar-refractivity contribution is -0.138. The van der Waals surface area contributed by atoms with Crippen LogP contribution in [0.15, 0.2) is 0 Å². The van der Waals surface area contributed by atoms with Crippen LogP contribution in [0.3, 0.4) is 0 Å². The summed E-state index contributed by atoms with van der Waals surface area (Å²) >= 11 is 0.